The molecule has 0 bridgehead atoms. The van der Waals surface area contributed by atoms with E-state index >= 15 is 0 Å². The summed E-state index contributed by atoms with van der Waals surface area (Å²) in [5.74, 6) is 0. The molecule has 0 saturated carbocycles. The number of para-hydroxylation sites is 1. The number of rotatable bonds is 1. The van der Waals surface area contributed by atoms with Crippen molar-refractivity contribution in [1.82, 2.24) is 10.7 Å². The molecular formula is C8H7N2S. The molecule has 0 spiro atoms. The maximum Gasteiger partial charge on any atom is 0.109 e. The topological polar surface area (TPSA) is 36.7 Å². The molecule has 1 radical (unpaired) electrons. The average molecular weight is 163 g/mol. The lowest BCUT2D eigenvalue weighted by atomic mass is 10.3. The average Bonchev–Trinajstić information content (AvgIpc) is 2.46. The summed E-state index contributed by atoms with van der Waals surface area (Å²) in [6, 6.07) is 7.97. The van der Waals surface area contributed by atoms with Gasteiger partial charge < -0.3 is 0 Å². The Labute approximate surface area is 68.7 Å². The van der Waals surface area contributed by atoms with Crippen LogP contribution >= 0.6 is 11.3 Å². The Morgan fingerprint density at radius 2 is 2.18 bits per heavy atom. The van der Waals surface area contributed by atoms with E-state index < -0.39 is 0 Å². The molecule has 1 aromatic carbocycles. The first-order valence-corrected chi connectivity index (χ1v) is 4.21. The van der Waals surface area contributed by atoms with Crippen LogP contribution in [0.15, 0.2) is 24.3 Å². The van der Waals surface area contributed by atoms with Crippen LogP contribution in [0, 0.1) is 0 Å². The molecule has 0 atom stereocenters. The Morgan fingerprint density at radius 3 is 2.91 bits per heavy atom. The zero-order valence-electron chi connectivity index (χ0n) is 5.87. The number of fused-ring (bicyclic) bond motifs is 1. The standard InChI is InChI=1S/C8H7N2S/c9-5-8-10-6-3-1-2-4-7(6)11-8/h1-4,9H,5H2. The minimum atomic E-state index is 0.291. The van der Waals surface area contributed by atoms with E-state index in [4.69, 9.17) is 5.73 Å². The molecule has 55 valence electrons. The summed E-state index contributed by atoms with van der Waals surface area (Å²) < 4.78 is 1.18. The smallest absolute Gasteiger partial charge is 0.109 e. The summed E-state index contributed by atoms with van der Waals surface area (Å²) in [6.45, 7) is 0.291. The maximum absolute atomic E-state index is 7.12. The van der Waals surface area contributed by atoms with Gasteiger partial charge in [-0.1, -0.05) is 12.1 Å². The molecule has 1 heterocycles. The van der Waals surface area contributed by atoms with Gasteiger partial charge in [0.15, 0.2) is 0 Å². The number of benzene rings is 1. The zero-order valence-corrected chi connectivity index (χ0v) is 6.69. The second-order valence-corrected chi connectivity index (χ2v) is 3.37. The molecule has 0 aliphatic heterocycles. The third kappa shape index (κ3) is 1.13. The summed E-state index contributed by atoms with van der Waals surface area (Å²) >= 11 is 1.60. The minimum Gasteiger partial charge on any atom is -0.251 e. The Hall–Kier alpha value is -0.930. The van der Waals surface area contributed by atoms with Gasteiger partial charge >= 0.3 is 0 Å². The first-order chi connectivity index (χ1) is 5.40. The van der Waals surface area contributed by atoms with E-state index in [0.717, 1.165) is 10.5 Å². The van der Waals surface area contributed by atoms with E-state index in [1.54, 1.807) is 11.3 Å². The predicted octanol–water partition coefficient (Wildman–Crippen LogP) is 2.08. The SMILES string of the molecule is [NH]Cc1nc2ccccc2s1. The highest BCUT2D eigenvalue weighted by atomic mass is 32.1. The quantitative estimate of drug-likeness (QED) is 0.634. The van der Waals surface area contributed by atoms with E-state index in [0.29, 0.717) is 6.54 Å². The molecule has 1 aromatic heterocycles. The van der Waals surface area contributed by atoms with Gasteiger partial charge in [-0.2, -0.15) is 0 Å². The first-order valence-electron chi connectivity index (χ1n) is 3.39. The number of aromatic nitrogens is 1. The molecule has 2 aromatic rings. The van der Waals surface area contributed by atoms with Crippen LogP contribution in [-0.4, -0.2) is 4.98 Å². The third-order valence-electron chi connectivity index (χ3n) is 1.49. The molecule has 0 aliphatic rings. The van der Waals surface area contributed by atoms with Crippen LogP contribution in [0.25, 0.3) is 10.2 Å². The van der Waals surface area contributed by atoms with Crippen molar-refractivity contribution < 1.29 is 0 Å². The summed E-state index contributed by atoms with van der Waals surface area (Å²) in [5, 5.41) is 0.895. The van der Waals surface area contributed by atoms with E-state index in [-0.39, 0.29) is 0 Å². The highest BCUT2D eigenvalue weighted by Gasteiger charge is 1.99. The van der Waals surface area contributed by atoms with E-state index in [2.05, 4.69) is 4.98 Å². The molecule has 0 aliphatic carbocycles. The largest absolute Gasteiger partial charge is 0.251 e. The monoisotopic (exact) mass is 163 g/mol. The minimum absolute atomic E-state index is 0.291. The first kappa shape index (κ1) is 6.76. The maximum atomic E-state index is 7.12. The van der Waals surface area contributed by atoms with Crippen molar-refractivity contribution in [3.63, 3.8) is 0 Å². The highest BCUT2D eigenvalue weighted by molar-refractivity contribution is 7.18. The lowest BCUT2D eigenvalue weighted by molar-refractivity contribution is 1.01. The van der Waals surface area contributed by atoms with Crippen LogP contribution < -0.4 is 5.73 Å². The third-order valence-corrected chi connectivity index (χ3v) is 2.53. The van der Waals surface area contributed by atoms with Gasteiger partial charge in [0, 0.05) is 0 Å². The van der Waals surface area contributed by atoms with Gasteiger partial charge in [-0.3, -0.25) is 5.73 Å². The molecule has 0 unspecified atom stereocenters. The summed E-state index contributed by atoms with van der Waals surface area (Å²) in [6.07, 6.45) is 0. The highest BCUT2D eigenvalue weighted by Crippen LogP contribution is 2.20. The molecule has 11 heavy (non-hydrogen) atoms. The molecule has 2 rings (SSSR count). The second kappa shape index (κ2) is 2.60. The number of hydrogen-bond acceptors (Lipinski definition) is 2. The van der Waals surface area contributed by atoms with Crippen molar-refractivity contribution in [2.45, 2.75) is 6.54 Å². The van der Waals surface area contributed by atoms with Crippen molar-refractivity contribution in [1.29, 1.82) is 0 Å². The van der Waals surface area contributed by atoms with Crippen molar-refractivity contribution in [2.75, 3.05) is 0 Å². The van der Waals surface area contributed by atoms with Gasteiger partial charge in [-0.15, -0.1) is 11.3 Å². The molecule has 2 nitrogen and oxygen atoms in total. The Kier molecular flexibility index (Phi) is 1.60. The van der Waals surface area contributed by atoms with E-state index in [1.165, 1.54) is 4.70 Å². The lowest BCUT2D eigenvalue weighted by Gasteiger charge is -1.80. The van der Waals surface area contributed by atoms with Gasteiger partial charge in [-0.05, 0) is 12.1 Å². The summed E-state index contributed by atoms with van der Waals surface area (Å²) in [7, 11) is 0. The molecule has 0 amide bonds. The zero-order chi connectivity index (χ0) is 7.68. The number of nitrogens with one attached hydrogen (secondary N) is 1. The van der Waals surface area contributed by atoms with Crippen LogP contribution in [0.1, 0.15) is 5.01 Å². The van der Waals surface area contributed by atoms with Crippen LogP contribution in [0.5, 0.6) is 0 Å². The summed E-state index contributed by atoms with van der Waals surface area (Å²) in [4.78, 5) is 4.26. The fourth-order valence-electron chi connectivity index (χ4n) is 0.996. The molecule has 0 fully saturated rings. The molecule has 0 saturated heterocycles. The number of thiazole rings is 1. The number of hydrogen-bond donors (Lipinski definition) is 0. The molecular weight excluding hydrogens is 156 g/mol. The van der Waals surface area contributed by atoms with Crippen molar-refractivity contribution in [3.8, 4) is 0 Å². The lowest BCUT2D eigenvalue weighted by Crippen LogP contribution is -1.79. The fourth-order valence-corrected chi connectivity index (χ4v) is 1.83. The normalized spacial score (nSPS) is 10.6. The van der Waals surface area contributed by atoms with Crippen LogP contribution in [-0.2, 0) is 6.54 Å². The van der Waals surface area contributed by atoms with Crippen molar-refractivity contribution >= 4 is 21.6 Å². The predicted molar refractivity (Wildman–Crippen MR) is 46.4 cm³/mol. The van der Waals surface area contributed by atoms with Gasteiger partial charge in [-0.25, -0.2) is 4.98 Å². The van der Waals surface area contributed by atoms with Gasteiger partial charge in [0.2, 0.25) is 0 Å². The van der Waals surface area contributed by atoms with Crippen molar-refractivity contribution in [2.24, 2.45) is 0 Å². The van der Waals surface area contributed by atoms with E-state index in [1.807, 2.05) is 24.3 Å². The van der Waals surface area contributed by atoms with Crippen LogP contribution in [0.3, 0.4) is 0 Å². The van der Waals surface area contributed by atoms with Crippen LogP contribution in [0.4, 0.5) is 0 Å². The Balaban J connectivity index is 2.69. The van der Waals surface area contributed by atoms with Crippen LogP contribution in [0.2, 0.25) is 0 Å². The number of nitrogens with zero attached hydrogens (tertiary/aromatic N) is 1. The van der Waals surface area contributed by atoms with E-state index in [9.17, 15) is 0 Å². The van der Waals surface area contributed by atoms with Crippen molar-refractivity contribution in [3.05, 3.63) is 29.3 Å². The van der Waals surface area contributed by atoms with Gasteiger partial charge in [0.1, 0.15) is 5.01 Å². The molecule has 3 heteroatoms. The van der Waals surface area contributed by atoms with Gasteiger partial charge in [0.25, 0.3) is 0 Å². The second-order valence-electron chi connectivity index (χ2n) is 2.25. The summed E-state index contributed by atoms with van der Waals surface area (Å²) in [5.41, 5.74) is 8.14. The Morgan fingerprint density at radius 1 is 1.36 bits per heavy atom. The Bertz CT molecular complexity index is 334. The van der Waals surface area contributed by atoms with Gasteiger partial charge in [0.05, 0.1) is 16.8 Å². The molecule has 1 N–H and O–H groups in total. The fraction of sp³-hybridized carbons (Fsp3) is 0.125.